The second-order valence-electron chi connectivity index (χ2n) is 2.68. The van der Waals surface area contributed by atoms with E-state index in [9.17, 15) is 0 Å². The monoisotopic (exact) mass is 145 g/mol. The fraction of sp³-hybridized carbons (Fsp3) is 1.00. The minimum atomic E-state index is 0.244. The largest absolute Gasteiger partial charge is 0.382 e. The lowest BCUT2D eigenvalue weighted by molar-refractivity contribution is -0.0602. The second-order valence-corrected chi connectivity index (χ2v) is 2.68. The molecule has 0 amide bonds. The van der Waals surface area contributed by atoms with Crippen molar-refractivity contribution in [3.8, 4) is 0 Å². The Morgan fingerprint density at radius 1 is 1.60 bits per heavy atom. The van der Waals surface area contributed by atoms with Gasteiger partial charge in [-0.1, -0.05) is 0 Å². The van der Waals surface area contributed by atoms with Crippen LogP contribution < -0.4 is 5.32 Å². The second kappa shape index (κ2) is 3.91. The van der Waals surface area contributed by atoms with Crippen LogP contribution in [0.15, 0.2) is 0 Å². The van der Waals surface area contributed by atoms with Crippen LogP contribution in [0.25, 0.3) is 0 Å². The first-order chi connectivity index (χ1) is 4.83. The van der Waals surface area contributed by atoms with Crippen LogP contribution in [0.4, 0.5) is 0 Å². The number of hydrogen-bond acceptors (Lipinski definition) is 3. The van der Waals surface area contributed by atoms with Crippen LogP contribution in [-0.2, 0) is 9.47 Å². The third kappa shape index (κ3) is 2.25. The molecule has 0 radical (unpaired) electrons. The summed E-state index contributed by atoms with van der Waals surface area (Å²) < 4.78 is 10.5. The predicted octanol–water partition coefficient (Wildman–Crippen LogP) is 0.00970. The van der Waals surface area contributed by atoms with Crippen molar-refractivity contribution >= 4 is 0 Å². The molecule has 60 valence electrons. The average Bonchev–Trinajstić information content (AvgIpc) is 1.88. The van der Waals surface area contributed by atoms with Crippen LogP contribution in [0, 0.1) is 0 Å². The van der Waals surface area contributed by atoms with Crippen LogP contribution >= 0.6 is 0 Å². The van der Waals surface area contributed by atoms with Gasteiger partial charge in [-0.3, -0.25) is 0 Å². The highest BCUT2D eigenvalue weighted by Crippen LogP contribution is 2.02. The van der Waals surface area contributed by atoms with Crippen molar-refractivity contribution in [1.29, 1.82) is 0 Å². The summed E-state index contributed by atoms with van der Waals surface area (Å²) in [5, 5.41) is 3.26. The molecule has 1 rings (SSSR count). The maximum absolute atomic E-state index is 5.54. The molecule has 2 atom stereocenters. The summed E-state index contributed by atoms with van der Waals surface area (Å²) in [5.41, 5.74) is 0. The number of morpholine rings is 1. The normalized spacial score (nSPS) is 34.2. The van der Waals surface area contributed by atoms with Crippen molar-refractivity contribution in [3.63, 3.8) is 0 Å². The molecule has 1 aliphatic rings. The molecule has 10 heavy (non-hydrogen) atoms. The molecule has 1 aliphatic heterocycles. The first-order valence-corrected chi connectivity index (χ1v) is 3.68. The highest BCUT2D eigenvalue weighted by atomic mass is 16.5. The van der Waals surface area contributed by atoms with Crippen molar-refractivity contribution in [2.24, 2.45) is 0 Å². The van der Waals surface area contributed by atoms with E-state index in [0.717, 1.165) is 13.1 Å². The summed E-state index contributed by atoms with van der Waals surface area (Å²) >= 11 is 0. The zero-order chi connectivity index (χ0) is 7.40. The maximum Gasteiger partial charge on any atom is 0.0936 e. The van der Waals surface area contributed by atoms with Gasteiger partial charge in [-0.15, -0.1) is 0 Å². The van der Waals surface area contributed by atoms with Crippen LogP contribution in [0.3, 0.4) is 0 Å². The zero-order valence-electron chi connectivity index (χ0n) is 6.59. The van der Waals surface area contributed by atoms with E-state index in [2.05, 4.69) is 12.2 Å². The highest BCUT2D eigenvalue weighted by Gasteiger charge is 2.17. The van der Waals surface area contributed by atoms with Crippen LogP contribution in [0.2, 0.25) is 0 Å². The summed E-state index contributed by atoms with van der Waals surface area (Å²) in [7, 11) is 1.70. The number of ether oxygens (including phenoxy) is 2. The van der Waals surface area contributed by atoms with Crippen molar-refractivity contribution in [2.45, 2.75) is 19.1 Å². The van der Waals surface area contributed by atoms with Crippen molar-refractivity contribution < 1.29 is 9.47 Å². The molecule has 1 heterocycles. The molecule has 0 aromatic carbocycles. The van der Waals surface area contributed by atoms with Gasteiger partial charge in [0.05, 0.1) is 18.8 Å². The molecule has 3 heteroatoms. The van der Waals surface area contributed by atoms with Crippen LogP contribution in [-0.4, -0.2) is 39.0 Å². The quantitative estimate of drug-likeness (QED) is 0.593. The van der Waals surface area contributed by atoms with Gasteiger partial charge in [-0.25, -0.2) is 0 Å². The molecule has 0 bridgehead atoms. The molecule has 0 aliphatic carbocycles. The molecule has 1 fully saturated rings. The van der Waals surface area contributed by atoms with Crippen molar-refractivity contribution in [2.75, 3.05) is 26.8 Å². The molecule has 0 aromatic heterocycles. The summed E-state index contributed by atoms with van der Waals surface area (Å²) in [5.74, 6) is 0. The van der Waals surface area contributed by atoms with Crippen molar-refractivity contribution in [1.82, 2.24) is 5.32 Å². The van der Waals surface area contributed by atoms with E-state index >= 15 is 0 Å². The molecule has 0 spiro atoms. The lowest BCUT2D eigenvalue weighted by Crippen LogP contribution is -2.45. The molecule has 0 aromatic rings. The molecular formula is C7H15NO2. The zero-order valence-corrected chi connectivity index (χ0v) is 6.59. The predicted molar refractivity (Wildman–Crippen MR) is 39.1 cm³/mol. The lowest BCUT2D eigenvalue weighted by Gasteiger charge is -2.27. The average molecular weight is 145 g/mol. The van der Waals surface area contributed by atoms with Crippen LogP contribution in [0.1, 0.15) is 6.92 Å². The Hall–Kier alpha value is -0.120. The van der Waals surface area contributed by atoms with E-state index in [1.807, 2.05) is 0 Å². The lowest BCUT2D eigenvalue weighted by atomic mass is 10.2. The van der Waals surface area contributed by atoms with Gasteiger partial charge in [0.25, 0.3) is 0 Å². The van der Waals surface area contributed by atoms with Gasteiger partial charge in [0.1, 0.15) is 0 Å². The SMILES string of the molecule is COCC1CNC[C@@H](C)O1. The van der Waals surface area contributed by atoms with E-state index in [0.29, 0.717) is 12.7 Å². The maximum atomic E-state index is 5.54. The Morgan fingerprint density at radius 3 is 3.00 bits per heavy atom. The van der Waals surface area contributed by atoms with E-state index < -0.39 is 0 Å². The molecule has 0 saturated carbocycles. The standard InChI is InChI=1S/C7H15NO2/c1-6-3-8-4-7(10-6)5-9-2/h6-8H,3-5H2,1-2H3/t6-,7?/m1/s1. The number of nitrogens with one attached hydrogen (secondary N) is 1. The van der Waals surface area contributed by atoms with E-state index in [1.54, 1.807) is 7.11 Å². The summed E-state index contributed by atoms with van der Waals surface area (Å²) in [4.78, 5) is 0. The van der Waals surface area contributed by atoms with E-state index in [4.69, 9.17) is 9.47 Å². The molecule has 1 unspecified atom stereocenters. The Morgan fingerprint density at radius 2 is 2.40 bits per heavy atom. The fourth-order valence-electron chi connectivity index (χ4n) is 1.16. The summed E-state index contributed by atoms with van der Waals surface area (Å²) in [6.07, 6.45) is 0.572. The number of hydrogen-bond donors (Lipinski definition) is 1. The minimum Gasteiger partial charge on any atom is -0.382 e. The minimum absolute atomic E-state index is 0.244. The van der Waals surface area contributed by atoms with Gasteiger partial charge in [-0.2, -0.15) is 0 Å². The molecule has 1 N–H and O–H groups in total. The molecule has 3 nitrogen and oxygen atoms in total. The highest BCUT2D eigenvalue weighted by molar-refractivity contribution is 4.70. The van der Waals surface area contributed by atoms with Gasteiger partial charge in [0.2, 0.25) is 0 Å². The Kier molecular flexibility index (Phi) is 3.12. The van der Waals surface area contributed by atoms with Gasteiger partial charge in [-0.05, 0) is 6.92 Å². The van der Waals surface area contributed by atoms with Gasteiger partial charge in [0.15, 0.2) is 0 Å². The summed E-state index contributed by atoms with van der Waals surface area (Å²) in [6, 6.07) is 0. The first-order valence-electron chi connectivity index (χ1n) is 3.68. The third-order valence-corrected chi connectivity index (χ3v) is 1.58. The third-order valence-electron chi connectivity index (χ3n) is 1.58. The Balaban J connectivity index is 2.18. The summed E-state index contributed by atoms with van der Waals surface area (Å²) in [6.45, 7) is 4.63. The van der Waals surface area contributed by atoms with Gasteiger partial charge >= 0.3 is 0 Å². The van der Waals surface area contributed by atoms with E-state index in [-0.39, 0.29) is 6.10 Å². The topological polar surface area (TPSA) is 30.5 Å². The van der Waals surface area contributed by atoms with Crippen molar-refractivity contribution in [3.05, 3.63) is 0 Å². The number of rotatable bonds is 2. The smallest absolute Gasteiger partial charge is 0.0936 e. The Bertz CT molecular complexity index is 95.6. The van der Waals surface area contributed by atoms with Gasteiger partial charge < -0.3 is 14.8 Å². The van der Waals surface area contributed by atoms with Gasteiger partial charge in [0, 0.05) is 20.2 Å². The first kappa shape index (κ1) is 7.98. The van der Waals surface area contributed by atoms with Crippen LogP contribution in [0.5, 0.6) is 0 Å². The molecular weight excluding hydrogens is 130 g/mol. The Labute approximate surface area is 61.7 Å². The van der Waals surface area contributed by atoms with E-state index in [1.165, 1.54) is 0 Å². The molecule has 1 saturated heterocycles. The number of methoxy groups -OCH3 is 1. The fourth-order valence-corrected chi connectivity index (χ4v) is 1.16.